The van der Waals surface area contributed by atoms with E-state index in [1.54, 1.807) is 11.5 Å². The third-order valence-electron chi connectivity index (χ3n) is 3.17. The summed E-state index contributed by atoms with van der Waals surface area (Å²) in [6.07, 6.45) is 7.96. The van der Waals surface area contributed by atoms with E-state index in [4.69, 9.17) is 0 Å². The van der Waals surface area contributed by atoms with Crippen LogP contribution in [0.2, 0.25) is 0 Å². The molecule has 1 unspecified atom stereocenters. The molecule has 0 radical (unpaired) electrons. The molecule has 1 atom stereocenters. The molecule has 0 aliphatic heterocycles. The van der Waals surface area contributed by atoms with Gasteiger partial charge in [0.25, 0.3) is 0 Å². The van der Waals surface area contributed by atoms with Crippen LogP contribution < -0.4 is 0 Å². The summed E-state index contributed by atoms with van der Waals surface area (Å²) >= 11 is 1.58. The molecule has 0 N–H and O–H groups in total. The fraction of sp³-hybridized carbons (Fsp3) is 0.286. The highest BCUT2D eigenvalue weighted by Gasteiger charge is 2.18. The van der Waals surface area contributed by atoms with Gasteiger partial charge in [0.2, 0.25) is 0 Å². The van der Waals surface area contributed by atoms with Gasteiger partial charge in [-0.25, -0.2) is 4.98 Å². The molecule has 18 heavy (non-hydrogen) atoms. The Labute approximate surface area is 110 Å². The number of hydrogen-bond acceptors (Lipinski definition) is 3. The summed E-state index contributed by atoms with van der Waals surface area (Å²) in [4.78, 5) is 4.15. The number of rotatable bonds is 4. The normalized spacial score (nSPS) is 12.9. The van der Waals surface area contributed by atoms with Crippen LogP contribution in [0, 0.1) is 0 Å². The van der Waals surface area contributed by atoms with Crippen LogP contribution in [0.3, 0.4) is 0 Å². The summed E-state index contributed by atoms with van der Waals surface area (Å²) < 4.78 is 8.08. The number of fused-ring (bicyclic) bond motifs is 1. The molecule has 0 saturated carbocycles. The van der Waals surface area contributed by atoms with Crippen LogP contribution in [0.1, 0.15) is 31.5 Å². The SMILES string of the molecule is CCCC(c1nsc2ccccc12)n1ccnc1. The quantitative estimate of drug-likeness (QED) is 0.710. The lowest BCUT2D eigenvalue weighted by atomic mass is 10.0. The standard InChI is InChI=1S/C14H15N3S/c1-2-5-12(17-9-8-15-10-17)14-11-6-3-4-7-13(11)18-16-14/h3-4,6-10,12H,2,5H2,1H3. The molecule has 0 amide bonds. The average Bonchev–Trinajstić information content (AvgIpc) is 3.06. The Kier molecular flexibility index (Phi) is 3.11. The molecule has 3 rings (SSSR count). The van der Waals surface area contributed by atoms with Crippen molar-refractivity contribution >= 4 is 21.6 Å². The van der Waals surface area contributed by atoms with Crippen molar-refractivity contribution in [1.82, 2.24) is 13.9 Å². The van der Waals surface area contributed by atoms with Crippen LogP contribution in [0.25, 0.3) is 10.1 Å². The van der Waals surface area contributed by atoms with Crippen LogP contribution in [-0.2, 0) is 0 Å². The predicted molar refractivity (Wildman–Crippen MR) is 74.9 cm³/mol. The van der Waals surface area contributed by atoms with Crippen LogP contribution >= 0.6 is 11.5 Å². The number of nitrogens with zero attached hydrogens (tertiary/aromatic N) is 3. The van der Waals surface area contributed by atoms with Crippen molar-refractivity contribution in [3.05, 3.63) is 48.7 Å². The monoisotopic (exact) mass is 257 g/mol. The number of benzene rings is 1. The topological polar surface area (TPSA) is 30.7 Å². The fourth-order valence-corrected chi connectivity index (χ4v) is 3.13. The van der Waals surface area contributed by atoms with Crippen molar-refractivity contribution in [1.29, 1.82) is 0 Å². The lowest BCUT2D eigenvalue weighted by Crippen LogP contribution is -2.09. The molecular weight excluding hydrogens is 242 g/mol. The Morgan fingerprint density at radius 3 is 3.00 bits per heavy atom. The van der Waals surface area contributed by atoms with E-state index in [-0.39, 0.29) is 0 Å². The highest BCUT2D eigenvalue weighted by molar-refractivity contribution is 7.13. The van der Waals surface area contributed by atoms with Crippen molar-refractivity contribution in [3.63, 3.8) is 0 Å². The van der Waals surface area contributed by atoms with Crippen LogP contribution in [0.5, 0.6) is 0 Å². The van der Waals surface area contributed by atoms with Crippen molar-refractivity contribution in [2.24, 2.45) is 0 Å². The second kappa shape index (κ2) is 4.90. The molecule has 1 aromatic carbocycles. The highest BCUT2D eigenvalue weighted by atomic mass is 32.1. The van der Waals surface area contributed by atoms with Gasteiger partial charge >= 0.3 is 0 Å². The van der Waals surface area contributed by atoms with Crippen molar-refractivity contribution in [3.8, 4) is 0 Å². The molecule has 4 heteroatoms. The fourth-order valence-electron chi connectivity index (χ4n) is 2.30. The van der Waals surface area contributed by atoms with Gasteiger partial charge in [0.05, 0.1) is 22.8 Å². The molecular formula is C14H15N3S. The second-order valence-corrected chi connectivity index (χ2v) is 5.18. The van der Waals surface area contributed by atoms with Crippen LogP contribution in [-0.4, -0.2) is 13.9 Å². The summed E-state index contributed by atoms with van der Waals surface area (Å²) in [5.41, 5.74) is 1.18. The smallest absolute Gasteiger partial charge is 0.0952 e. The second-order valence-electron chi connectivity index (χ2n) is 4.38. The van der Waals surface area contributed by atoms with Gasteiger partial charge in [0.1, 0.15) is 0 Å². The maximum atomic E-state index is 4.66. The highest BCUT2D eigenvalue weighted by Crippen LogP contribution is 2.31. The molecule has 0 fully saturated rings. The molecule has 0 bridgehead atoms. The summed E-state index contributed by atoms with van der Waals surface area (Å²) in [5, 5.41) is 1.27. The summed E-state index contributed by atoms with van der Waals surface area (Å²) in [6.45, 7) is 2.21. The predicted octanol–water partition coefficient (Wildman–Crippen LogP) is 3.88. The van der Waals surface area contributed by atoms with Crippen LogP contribution in [0.15, 0.2) is 43.0 Å². The van der Waals surface area contributed by atoms with E-state index in [1.165, 1.54) is 15.8 Å². The molecule has 92 valence electrons. The zero-order valence-corrected chi connectivity index (χ0v) is 11.1. The molecule has 2 aromatic heterocycles. The lowest BCUT2D eigenvalue weighted by molar-refractivity contribution is 0.527. The Balaban J connectivity index is 2.10. The lowest BCUT2D eigenvalue weighted by Gasteiger charge is -2.15. The van der Waals surface area contributed by atoms with E-state index in [1.807, 2.05) is 18.7 Å². The van der Waals surface area contributed by atoms with Gasteiger partial charge in [-0.1, -0.05) is 31.5 Å². The zero-order valence-electron chi connectivity index (χ0n) is 10.3. The minimum Gasteiger partial charge on any atom is -0.328 e. The van der Waals surface area contributed by atoms with E-state index in [9.17, 15) is 0 Å². The number of hydrogen-bond donors (Lipinski definition) is 0. The van der Waals surface area contributed by atoms with E-state index >= 15 is 0 Å². The Bertz CT molecular complexity index is 627. The average molecular weight is 257 g/mol. The molecule has 3 nitrogen and oxygen atoms in total. The van der Waals surface area contributed by atoms with E-state index in [0.717, 1.165) is 12.8 Å². The van der Waals surface area contributed by atoms with E-state index in [2.05, 4.69) is 45.1 Å². The maximum Gasteiger partial charge on any atom is 0.0952 e. The third-order valence-corrected chi connectivity index (χ3v) is 4.01. The summed E-state index contributed by atoms with van der Waals surface area (Å²) in [7, 11) is 0. The van der Waals surface area contributed by atoms with Gasteiger partial charge in [-0.15, -0.1) is 0 Å². The maximum absolute atomic E-state index is 4.66. The molecule has 2 heterocycles. The first-order valence-corrected chi connectivity index (χ1v) is 6.99. The first-order chi connectivity index (χ1) is 8.90. The molecule has 0 aliphatic carbocycles. The van der Waals surface area contributed by atoms with Crippen molar-refractivity contribution < 1.29 is 0 Å². The van der Waals surface area contributed by atoms with Gasteiger partial charge < -0.3 is 4.57 Å². The van der Waals surface area contributed by atoms with Crippen molar-refractivity contribution in [2.45, 2.75) is 25.8 Å². The number of aromatic nitrogens is 3. The largest absolute Gasteiger partial charge is 0.328 e. The van der Waals surface area contributed by atoms with Gasteiger partial charge in [0, 0.05) is 17.8 Å². The minimum absolute atomic E-state index is 0.300. The van der Waals surface area contributed by atoms with Gasteiger partial charge in [0.15, 0.2) is 0 Å². The Morgan fingerprint density at radius 2 is 2.22 bits per heavy atom. The van der Waals surface area contributed by atoms with E-state index < -0.39 is 0 Å². The molecule has 3 aromatic rings. The third kappa shape index (κ3) is 1.93. The first-order valence-electron chi connectivity index (χ1n) is 6.22. The molecule has 0 spiro atoms. The summed E-state index contributed by atoms with van der Waals surface area (Å²) in [6, 6.07) is 8.74. The van der Waals surface area contributed by atoms with Crippen LogP contribution in [0.4, 0.5) is 0 Å². The van der Waals surface area contributed by atoms with E-state index in [0.29, 0.717) is 6.04 Å². The molecule has 0 aliphatic rings. The minimum atomic E-state index is 0.300. The number of imidazole rings is 1. The zero-order chi connectivity index (χ0) is 12.4. The molecule has 0 saturated heterocycles. The van der Waals surface area contributed by atoms with Gasteiger partial charge in [-0.3, -0.25) is 0 Å². The first kappa shape index (κ1) is 11.4. The Morgan fingerprint density at radius 1 is 1.33 bits per heavy atom. The Hall–Kier alpha value is -1.68. The van der Waals surface area contributed by atoms with Crippen molar-refractivity contribution in [2.75, 3.05) is 0 Å². The van der Waals surface area contributed by atoms with Gasteiger partial charge in [-0.2, -0.15) is 4.37 Å². The summed E-state index contributed by atoms with van der Waals surface area (Å²) in [5.74, 6) is 0. The van der Waals surface area contributed by atoms with Gasteiger partial charge in [-0.05, 0) is 24.0 Å².